The molecule has 1 heterocycles. The van der Waals surface area contributed by atoms with Crippen LogP contribution in [0.5, 0.6) is 11.6 Å². The van der Waals surface area contributed by atoms with Gasteiger partial charge in [0.2, 0.25) is 5.88 Å². The highest BCUT2D eigenvalue weighted by molar-refractivity contribution is 5.30. The third kappa shape index (κ3) is 3.69. The van der Waals surface area contributed by atoms with Crippen molar-refractivity contribution in [2.45, 2.75) is 13.0 Å². The van der Waals surface area contributed by atoms with Crippen LogP contribution in [0.3, 0.4) is 0 Å². The lowest BCUT2D eigenvalue weighted by atomic mass is 10.1. The van der Waals surface area contributed by atoms with E-state index in [9.17, 15) is 0 Å². The summed E-state index contributed by atoms with van der Waals surface area (Å²) in [5.41, 5.74) is 7.65. The molecule has 19 heavy (non-hydrogen) atoms. The molecule has 0 aliphatic carbocycles. The zero-order valence-corrected chi connectivity index (χ0v) is 11.0. The average Bonchev–Trinajstić information content (AvgIpc) is 2.46. The minimum Gasteiger partial charge on any atom is -0.489 e. The molecule has 0 saturated heterocycles. The molecule has 0 saturated carbocycles. The quantitative estimate of drug-likeness (QED) is 0.862. The number of aromatic nitrogens is 1. The maximum atomic E-state index is 5.76. The first-order chi connectivity index (χ1) is 9.33. The van der Waals surface area contributed by atoms with Crippen LogP contribution in [0.4, 0.5) is 0 Å². The van der Waals surface area contributed by atoms with Crippen molar-refractivity contribution in [1.82, 2.24) is 4.98 Å². The molecular weight excluding hydrogens is 240 g/mol. The summed E-state index contributed by atoms with van der Waals surface area (Å²) in [6, 6.07) is 11.8. The fourth-order valence-corrected chi connectivity index (χ4v) is 1.84. The van der Waals surface area contributed by atoms with Gasteiger partial charge >= 0.3 is 0 Å². The maximum Gasteiger partial charge on any atom is 0.219 e. The van der Waals surface area contributed by atoms with E-state index >= 15 is 0 Å². The van der Waals surface area contributed by atoms with Crippen molar-refractivity contribution in [3.8, 4) is 11.6 Å². The van der Waals surface area contributed by atoms with Crippen molar-refractivity contribution >= 4 is 0 Å². The first-order valence-corrected chi connectivity index (χ1v) is 6.23. The number of nitrogens with zero attached hydrogens (tertiary/aromatic N) is 1. The molecule has 4 heteroatoms. The molecule has 0 aliphatic heterocycles. The van der Waals surface area contributed by atoms with E-state index in [1.54, 1.807) is 13.3 Å². The van der Waals surface area contributed by atoms with Gasteiger partial charge in [-0.1, -0.05) is 12.1 Å². The second-order valence-corrected chi connectivity index (χ2v) is 4.15. The fraction of sp³-hybridized carbons (Fsp3) is 0.267. The minimum absolute atomic E-state index is 0.434. The fourth-order valence-electron chi connectivity index (χ4n) is 1.84. The minimum atomic E-state index is 0.434. The topological polar surface area (TPSA) is 57.4 Å². The van der Waals surface area contributed by atoms with Crippen molar-refractivity contribution in [2.24, 2.45) is 5.73 Å². The van der Waals surface area contributed by atoms with Gasteiger partial charge in [-0.25, -0.2) is 4.98 Å². The van der Waals surface area contributed by atoms with Crippen molar-refractivity contribution in [2.75, 3.05) is 13.7 Å². The summed E-state index contributed by atoms with van der Waals surface area (Å²) in [6.45, 7) is 1.07. The van der Waals surface area contributed by atoms with Gasteiger partial charge in [0.15, 0.2) is 0 Å². The van der Waals surface area contributed by atoms with Crippen LogP contribution >= 0.6 is 0 Å². The number of hydrogen-bond donors (Lipinski definition) is 1. The molecule has 2 rings (SSSR count). The summed E-state index contributed by atoms with van der Waals surface area (Å²) in [4.78, 5) is 4.14. The monoisotopic (exact) mass is 258 g/mol. The van der Waals surface area contributed by atoms with E-state index in [0.717, 1.165) is 17.7 Å². The van der Waals surface area contributed by atoms with Gasteiger partial charge in [-0.2, -0.15) is 0 Å². The van der Waals surface area contributed by atoms with E-state index in [1.165, 1.54) is 5.56 Å². The molecule has 0 spiro atoms. The summed E-state index contributed by atoms with van der Waals surface area (Å²) in [7, 11) is 1.60. The summed E-state index contributed by atoms with van der Waals surface area (Å²) < 4.78 is 10.9. The molecule has 2 N–H and O–H groups in total. The van der Waals surface area contributed by atoms with Crippen LogP contribution in [-0.4, -0.2) is 18.6 Å². The number of nitrogens with two attached hydrogens (primary N) is 1. The van der Waals surface area contributed by atoms with Gasteiger partial charge < -0.3 is 15.2 Å². The number of ether oxygens (including phenoxy) is 2. The van der Waals surface area contributed by atoms with Crippen molar-refractivity contribution in [1.29, 1.82) is 0 Å². The van der Waals surface area contributed by atoms with Crippen LogP contribution in [0, 0.1) is 0 Å². The summed E-state index contributed by atoms with van der Waals surface area (Å²) >= 11 is 0. The molecule has 0 unspecified atom stereocenters. The standard InChI is InChI=1S/C15H18N2O2/c1-18-15-13(5-3-9-17-15)11-19-14-6-2-4-12(10-14)7-8-16/h2-6,9-10H,7-8,11,16H2,1H3. The number of methoxy groups -OCH3 is 1. The van der Waals surface area contributed by atoms with Crippen LogP contribution in [0.1, 0.15) is 11.1 Å². The molecule has 1 aromatic carbocycles. The van der Waals surface area contributed by atoms with E-state index in [-0.39, 0.29) is 0 Å². The SMILES string of the molecule is COc1ncccc1COc1cccc(CCN)c1. The zero-order valence-electron chi connectivity index (χ0n) is 11.0. The highest BCUT2D eigenvalue weighted by atomic mass is 16.5. The third-order valence-electron chi connectivity index (χ3n) is 2.77. The number of pyridine rings is 1. The first-order valence-electron chi connectivity index (χ1n) is 6.23. The van der Waals surface area contributed by atoms with E-state index < -0.39 is 0 Å². The molecule has 0 amide bonds. The molecule has 0 atom stereocenters. The highest BCUT2D eigenvalue weighted by Crippen LogP contribution is 2.19. The van der Waals surface area contributed by atoms with Crippen molar-refractivity contribution < 1.29 is 9.47 Å². The number of hydrogen-bond acceptors (Lipinski definition) is 4. The smallest absolute Gasteiger partial charge is 0.219 e. The molecule has 100 valence electrons. The predicted octanol–water partition coefficient (Wildman–Crippen LogP) is 2.17. The second kappa shape index (κ2) is 6.75. The molecule has 0 bridgehead atoms. The van der Waals surface area contributed by atoms with Crippen LogP contribution < -0.4 is 15.2 Å². The second-order valence-electron chi connectivity index (χ2n) is 4.15. The van der Waals surface area contributed by atoms with Gasteiger partial charge in [0, 0.05) is 6.20 Å². The van der Waals surface area contributed by atoms with Crippen molar-refractivity contribution in [3.05, 3.63) is 53.7 Å². The van der Waals surface area contributed by atoms with Crippen LogP contribution in [-0.2, 0) is 13.0 Å². The lowest BCUT2D eigenvalue weighted by molar-refractivity contribution is 0.293. The molecule has 1 aromatic heterocycles. The summed E-state index contributed by atoms with van der Waals surface area (Å²) in [6.07, 6.45) is 2.55. The van der Waals surface area contributed by atoms with Gasteiger partial charge in [0.25, 0.3) is 0 Å². The highest BCUT2D eigenvalue weighted by Gasteiger charge is 2.04. The molecule has 0 radical (unpaired) electrons. The first kappa shape index (κ1) is 13.4. The molecule has 0 aliphatic rings. The summed E-state index contributed by atoms with van der Waals surface area (Å²) in [5, 5.41) is 0. The van der Waals surface area contributed by atoms with Crippen LogP contribution in [0.25, 0.3) is 0 Å². The van der Waals surface area contributed by atoms with Gasteiger partial charge in [-0.3, -0.25) is 0 Å². The number of rotatable bonds is 6. The summed E-state index contributed by atoms with van der Waals surface area (Å²) in [5.74, 6) is 1.43. The normalized spacial score (nSPS) is 10.2. The Kier molecular flexibility index (Phi) is 4.75. The maximum absolute atomic E-state index is 5.76. The van der Waals surface area contributed by atoms with Crippen molar-refractivity contribution in [3.63, 3.8) is 0 Å². The molecule has 2 aromatic rings. The molecule has 0 fully saturated rings. The van der Waals surface area contributed by atoms with Gasteiger partial charge in [-0.05, 0) is 42.8 Å². The molecule has 4 nitrogen and oxygen atoms in total. The Morgan fingerprint density at radius 1 is 1.21 bits per heavy atom. The Morgan fingerprint density at radius 3 is 2.89 bits per heavy atom. The average molecular weight is 258 g/mol. The predicted molar refractivity (Wildman–Crippen MR) is 74.3 cm³/mol. The lowest BCUT2D eigenvalue weighted by Gasteiger charge is -2.10. The van der Waals surface area contributed by atoms with E-state index in [4.69, 9.17) is 15.2 Å². The van der Waals surface area contributed by atoms with E-state index in [0.29, 0.717) is 19.0 Å². The van der Waals surface area contributed by atoms with Gasteiger partial charge in [0.1, 0.15) is 12.4 Å². The van der Waals surface area contributed by atoms with Crippen LogP contribution in [0.15, 0.2) is 42.6 Å². The Labute approximate surface area is 113 Å². The Morgan fingerprint density at radius 2 is 2.11 bits per heavy atom. The Bertz CT molecular complexity index is 529. The van der Waals surface area contributed by atoms with E-state index in [2.05, 4.69) is 4.98 Å². The Hall–Kier alpha value is -2.07. The lowest BCUT2D eigenvalue weighted by Crippen LogP contribution is -2.03. The zero-order chi connectivity index (χ0) is 13.5. The van der Waals surface area contributed by atoms with Gasteiger partial charge in [0.05, 0.1) is 12.7 Å². The van der Waals surface area contributed by atoms with Gasteiger partial charge in [-0.15, -0.1) is 0 Å². The molecular formula is C15H18N2O2. The largest absolute Gasteiger partial charge is 0.489 e. The third-order valence-corrected chi connectivity index (χ3v) is 2.77. The number of benzene rings is 1. The Balaban J connectivity index is 2.03. The van der Waals surface area contributed by atoms with Crippen LogP contribution in [0.2, 0.25) is 0 Å². The van der Waals surface area contributed by atoms with E-state index in [1.807, 2.05) is 36.4 Å².